The minimum Gasteiger partial charge on any atom is -0.493 e. The molecule has 1 atom stereocenters. The van der Waals surface area contributed by atoms with Crippen molar-refractivity contribution in [3.8, 4) is 5.75 Å². The average Bonchev–Trinajstić information content (AvgIpc) is 2.26. The molecular formula is C13H17FO2. The number of halogens is 1. The van der Waals surface area contributed by atoms with Crippen LogP contribution in [0.1, 0.15) is 31.4 Å². The van der Waals surface area contributed by atoms with Crippen LogP contribution < -0.4 is 4.74 Å². The van der Waals surface area contributed by atoms with E-state index in [1.54, 1.807) is 13.0 Å². The Balaban J connectivity index is 2.67. The molecule has 1 aromatic carbocycles. The maximum atomic E-state index is 13.0. The lowest BCUT2D eigenvalue weighted by Crippen LogP contribution is -2.02. The molecule has 88 valence electrons. The van der Waals surface area contributed by atoms with Gasteiger partial charge in [0.1, 0.15) is 11.6 Å². The molecule has 1 rings (SSSR count). The number of ether oxygens (including phenoxy) is 1. The molecule has 0 saturated heterocycles. The maximum absolute atomic E-state index is 13.0. The van der Waals surface area contributed by atoms with Crippen molar-refractivity contribution in [2.75, 3.05) is 6.61 Å². The van der Waals surface area contributed by atoms with E-state index in [1.807, 2.05) is 6.08 Å². The van der Waals surface area contributed by atoms with Crippen molar-refractivity contribution in [2.24, 2.45) is 0 Å². The van der Waals surface area contributed by atoms with Gasteiger partial charge in [0.05, 0.1) is 12.7 Å². The summed E-state index contributed by atoms with van der Waals surface area (Å²) in [7, 11) is 0. The fourth-order valence-corrected chi connectivity index (χ4v) is 1.39. The van der Waals surface area contributed by atoms with Gasteiger partial charge in [-0.15, -0.1) is 6.58 Å². The normalized spacial score (nSPS) is 12.2. The molecular weight excluding hydrogens is 207 g/mol. The quantitative estimate of drug-likeness (QED) is 0.594. The monoisotopic (exact) mass is 224 g/mol. The molecule has 0 spiro atoms. The second kappa shape index (κ2) is 6.28. The Hall–Kier alpha value is -1.35. The third-order valence-corrected chi connectivity index (χ3v) is 2.23. The second-order valence-corrected chi connectivity index (χ2v) is 3.64. The Kier molecular flexibility index (Phi) is 4.99. The van der Waals surface area contributed by atoms with Gasteiger partial charge in [-0.1, -0.05) is 6.08 Å². The molecule has 0 heterocycles. The highest BCUT2D eigenvalue weighted by molar-refractivity contribution is 5.35. The summed E-state index contributed by atoms with van der Waals surface area (Å²) >= 11 is 0. The summed E-state index contributed by atoms with van der Waals surface area (Å²) in [6.07, 6.45) is 2.83. The first-order chi connectivity index (χ1) is 7.65. The minimum atomic E-state index is -0.731. The predicted molar refractivity (Wildman–Crippen MR) is 62.0 cm³/mol. The Morgan fingerprint density at radius 1 is 1.56 bits per heavy atom. The van der Waals surface area contributed by atoms with Gasteiger partial charge in [0, 0.05) is 5.56 Å². The molecule has 0 fully saturated rings. The number of allylic oxidation sites excluding steroid dienone is 1. The van der Waals surface area contributed by atoms with Crippen LogP contribution in [0.4, 0.5) is 4.39 Å². The average molecular weight is 224 g/mol. The Labute approximate surface area is 95.4 Å². The van der Waals surface area contributed by atoms with Gasteiger partial charge >= 0.3 is 0 Å². The highest BCUT2D eigenvalue weighted by atomic mass is 19.1. The van der Waals surface area contributed by atoms with Crippen molar-refractivity contribution in [3.63, 3.8) is 0 Å². The standard InChI is InChI=1S/C13H17FO2/c1-3-4-5-8-16-13-7-6-11(14)9-12(13)10(2)15/h3,6-7,9-10,15H,1,4-5,8H2,2H3/t10-/m1/s1. The summed E-state index contributed by atoms with van der Waals surface area (Å²) < 4.78 is 18.5. The highest BCUT2D eigenvalue weighted by Gasteiger charge is 2.10. The number of benzene rings is 1. The van der Waals surface area contributed by atoms with E-state index >= 15 is 0 Å². The fourth-order valence-electron chi connectivity index (χ4n) is 1.39. The van der Waals surface area contributed by atoms with E-state index in [1.165, 1.54) is 12.1 Å². The maximum Gasteiger partial charge on any atom is 0.125 e. The van der Waals surface area contributed by atoms with Crippen molar-refractivity contribution in [2.45, 2.75) is 25.9 Å². The highest BCUT2D eigenvalue weighted by Crippen LogP contribution is 2.26. The van der Waals surface area contributed by atoms with Crippen LogP contribution in [0.15, 0.2) is 30.9 Å². The van der Waals surface area contributed by atoms with E-state index in [0.29, 0.717) is 17.9 Å². The SMILES string of the molecule is C=CCCCOc1ccc(F)cc1[C@@H](C)O. The number of aliphatic hydroxyl groups is 1. The van der Waals surface area contributed by atoms with Gasteiger partial charge in [0.15, 0.2) is 0 Å². The summed E-state index contributed by atoms with van der Waals surface area (Å²) in [5, 5.41) is 9.47. The molecule has 0 aliphatic rings. The van der Waals surface area contributed by atoms with Gasteiger partial charge in [-0.2, -0.15) is 0 Å². The second-order valence-electron chi connectivity index (χ2n) is 3.64. The zero-order valence-electron chi connectivity index (χ0n) is 9.45. The molecule has 1 aromatic rings. The van der Waals surface area contributed by atoms with Crippen molar-refractivity contribution < 1.29 is 14.2 Å². The smallest absolute Gasteiger partial charge is 0.125 e. The lowest BCUT2D eigenvalue weighted by atomic mass is 10.1. The van der Waals surface area contributed by atoms with Crippen molar-refractivity contribution in [1.82, 2.24) is 0 Å². The zero-order chi connectivity index (χ0) is 12.0. The van der Waals surface area contributed by atoms with Gasteiger partial charge in [-0.05, 0) is 38.0 Å². The van der Waals surface area contributed by atoms with Gasteiger partial charge in [-0.3, -0.25) is 0 Å². The number of unbranched alkanes of at least 4 members (excludes halogenated alkanes) is 1. The number of rotatable bonds is 6. The van der Waals surface area contributed by atoms with Gasteiger partial charge in [-0.25, -0.2) is 4.39 Å². The van der Waals surface area contributed by atoms with Crippen molar-refractivity contribution >= 4 is 0 Å². The molecule has 0 unspecified atom stereocenters. The predicted octanol–water partition coefficient (Wildman–Crippen LogP) is 3.22. The summed E-state index contributed by atoms with van der Waals surface area (Å²) in [6, 6.07) is 4.17. The van der Waals surface area contributed by atoms with Crippen LogP contribution in [-0.2, 0) is 0 Å². The Bertz CT molecular complexity index is 348. The van der Waals surface area contributed by atoms with Gasteiger partial charge < -0.3 is 9.84 Å². The van der Waals surface area contributed by atoms with Crippen LogP contribution in [0, 0.1) is 5.82 Å². The first kappa shape index (κ1) is 12.7. The summed E-state index contributed by atoms with van der Waals surface area (Å²) in [5.74, 6) is 0.176. The molecule has 0 aliphatic carbocycles. The summed E-state index contributed by atoms with van der Waals surface area (Å²) in [6.45, 7) is 5.75. The van der Waals surface area contributed by atoms with Crippen LogP contribution in [-0.4, -0.2) is 11.7 Å². The first-order valence-electron chi connectivity index (χ1n) is 5.36. The molecule has 1 N–H and O–H groups in total. The van der Waals surface area contributed by atoms with Gasteiger partial charge in [0.2, 0.25) is 0 Å². The van der Waals surface area contributed by atoms with E-state index in [2.05, 4.69) is 6.58 Å². The molecule has 0 aliphatic heterocycles. The third kappa shape index (κ3) is 3.66. The van der Waals surface area contributed by atoms with Crippen LogP contribution in [0.3, 0.4) is 0 Å². The number of hydrogen-bond acceptors (Lipinski definition) is 2. The molecule has 3 heteroatoms. The topological polar surface area (TPSA) is 29.5 Å². The molecule has 0 aromatic heterocycles. The molecule has 0 amide bonds. The Morgan fingerprint density at radius 3 is 2.94 bits per heavy atom. The van der Waals surface area contributed by atoms with E-state index in [0.717, 1.165) is 12.8 Å². The van der Waals surface area contributed by atoms with E-state index in [-0.39, 0.29) is 5.82 Å². The zero-order valence-corrected chi connectivity index (χ0v) is 9.45. The van der Waals surface area contributed by atoms with Crippen LogP contribution in [0.5, 0.6) is 5.75 Å². The summed E-state index contributed by atoms with van der Waals surface area (Å²) in [4.78, 5) is 0. The molecule has 0 bridgehead atoms. The molecule has 2 nitrogen and oxygen atoms in total. The summed E-state index contributed by atoms with van der Waals surface area (Å²) in [5.41, 5.74) is 0.485. The number of aliphatic hydroxyl groups excluding tert-OH is 1. The lowest BCUT2D eigenvalue weighted by molar-refractivity contribution is 0.190. The lowest BCUT2D eigenvalue weighted by Gasteiger charge is -2.13. The van der Waals surface area contributed by atoms with Crippen molar-refractivity contribution in [1.29, 1.82) is 0 Å². The first-order valence-corrected chi connectivity index (χ1v) is 5.36. The largest absolute Gasteiger partial charge is 0.493 e. The van der Waals surface area contributed by atoms with Crippen LogP contribution >= 0.6 is 0 Å². The van der Waals surface area contributed by atoms with Crippen LogP contribution in [0.2, 0.25) is 0 Å². The number of hydrogen-bond donors (Lipinski definition) is 1. The molecule has 0 saturated carbocycles. The Morgan fingerprint density at radius 2 is 2.31 bits per heavy atom. The van der Waals surface area contributed by atoms with E-state index < -0.39 is 6.10 Å². The fraction of sp³-hybridized carbons (Fsp3) is 0.385. The molecule has 0 radical (unpaired) electrons. The van der Waals surface area contributed by atoms with Gasteiger partial charge in [0.25, 0.3) is 0 Å². The molecule has 16 heavy (non-hydrogen) atoms. The third-order valence-electron chi connectivity index (χ3n) is 2.23. The van der Waals surface area contributed by atoms with Crippen LogP contribution in [0.25, 0.3) is 0 Å². The van der Waals surface area contributed by atoms with E-state index in [4.69, 9.17) is 4.74 Å². The van der Waals surface area contributed by atoms with Crippen molar-refractivity contribution in [3.05, 3.63) is 42.2 Å². The minimum absolute atomic E-state index is 0.366. The van der Waals surface area contributed by atoms with E-state index in [9.17, 15) is 9.50 Å².